The van der Waals surface area contributed by atoms with Gasteiger partial charge in [0.1, 0.15) is 0 Å². The lowest BCUT2D eigenvalue weighted by Gasteiger charge is -2.09. The highest BCUT2D eigenvalue weighted by molar-refractivity contribution is 7.91. The van der Waals surface area contributed by atoms with E-state index in [4.69, 9.17) is 0 Å². The molecule has 0 saturated heterocycles. The van der Waals surface area contributed by atoms with Crippen LogP contribution in [0.2, 0.25) is 0 Å². The molecule has 1 aliphatic rings. The molecule has 0 aromatic heterocycles. The molecule has 1 saturated carbocycles. The zero-order chi connectivity index (χ0) is 12.3. The van der Waals surface area contributed by atoms with Crippen LogP contribution in [-0.4, -0.2) is 14.2 Å². The van der Waals surface area contributed by atoms with Crippen LogP contribution in [0.15, 0.2) is 29.2 Å². The van der Waals surface area contributed by atoms with E-state index in [9.17, 15) is 8.42 Å². The second kappa shape index (κ2) is 5.21. The molecular formula is C14H20O2S. The average Bonchev–Trinajstić information content (AvgIpc) is 3.13. The van der Waals surface area contributed by atoms with Gasteiger partial charge in [0.05, 0.1) is 10.6 Å². The topological polar surface area (TPSA) is 34.1 Å². The quantitative estimate of drug-likeness (QED) is 0.726. The van der Waals surface area contributed by atoms with Gasteiger partial charge in [-0.25, -0.2) is 8.42 Å². The van der Waals surface area contributed by atoms with Crippen molar-refractivity contribution in [3.05, 3.63) is 29.8 Å². The minimum absolute atomic E-state index is 0.296. The summed E-state index contributed by atoms with van der Waals surface area (Å²) in [6.45, 7) is 2.09. The van der Waals surface area contributed by atoms with Crippen LogP contribution in [0.3, 0.4) is 0 Å². The van der Waals surface area contributed by atoms with Crippen molar-refractivity contribution >= 4 is 9.84 Å². The number of hydrogen-bond donors (Lipinski definition) is 0. The predicted octanol–water partition coefficient (Wildman–Crippen LogP) is 3.53. The second-order valence-electron chi connectivity index (χ2n) is 4.84. The number of sulfone groups is 1. The van der Waals surface area contributed by atoms with Crippen LogP contribution < -0.4 is 0 Å². The maximum Gasteiger partial charge on any atom is 0.178 e. The number of benzene rings is 1. The molecule has 1 fully saturated rings. The number of rotatable bonds is 6. The molecular weight excluding hydrogens is 232 g/mol. The summed E-state index contributed by atoms with van der Waals surface area (Å²) in [6.07, 6.45) is 5.10. The lowest BCUT2D eigenvalue weighted by atomic mass is 10.1. The molecule has 0 amide bonds. The third kappa shape index (κ3) is 3.09. The van der Waals surface area contributed by atoms with E-state index in [0.29, 0.717) is 16.6 Å². The van der Waals surface area contributed by atoms with E-state index in [1.165, 1.54) is 0 Å². The zero-order valence-corrected chi connectivity index (χ0v) is 11.2. The molecule has 0 radical (unpaired) electrons. The largest absolute Gasteiger partial charge is 0.224 e. The maximum atomic E-state index is 12.3. The van der Waals surface area contributed by atoms with Crippen molar-refractivity contribution in [2.75, 3.05) is 5.75 Å². The van der Waals surface area contributed by atoms with Gasteiger partial charge in [0.15, 0.2) is 9.84 Å². The molecule has 2 rings (SSSR count). The van der Waals surface area contributed by atoms with Crippen LogP contribution >= 0.6 is 0 Å². The van der Waals surface area contributed by atoms with Crippen LogP contribution in [0.4, 0.5) is 0 Å². The van der Waals surface area contributed by atoms with Gasteiger partial charge < -0.3 is 0 Å². The van der Waals surface area contributed by atoms with E-state index in [-0.39, 0.29) is 0 Å². The number of unbranched alkanes of at least 4 members (excludes halogenated alkanes) is 2. The van der Waals surface area contributed by atoms with Crippen molar-refractivity contribution in [2.45, 2.75) is 49.8 Å². The Balaban J connectivity index is 2.20. The molecule has 94 valence electrons. The molecule has 0 unspecified atom stereocenters. The SMILES string of the molecule is CCCCCS(=O)(=O)c1ccccc1C1CC1. The Morgan fingerprint density at radius 2 is 1.88 bits per heavy atom. The monoisotopic (exact) mass is 252 g/mol. The van der Waals surface area contributed by atoms with Gasteiger partial charge in [0.2, 0.25) is 0 Å². The predicted molar refractivity (Wildman–Crippen MR) is 70.0 cm³/mol. The first-order valence-corrected chi connectivity index (χ1v) is 8.12. The Morgan fingerprint density at radius 3 is 2.53 bits per heavy atom. The Morgan fingerprint density at radius 1 is 1.18 bits per heavy atom. The highest BCUT2D eigenvalue weighted by atomic mass is 32.2. The summed E-state index contributed by atoms with van der Waals surface area (Å²) < 4.78 is 24.5. The van der Waals surface area contributed by atoms with Gasteiger partial charge in [-0.3, -0.25) is 0 Å². The van der Waals surface area contributed by atoms with E-state index in [0.717, 1.165) is 37.7 Å². The van der Waals surface area contributed by atoms with Crippen molar-refractivity contribution in [3.63, 3.8) is 0 Å². The molecule has 0 atom stereocenters. The van der Waals surface area contributed by atoms with Gasteiger partial charge in [-0.2, -0.15) is 0 Å². The molecule has 3 heteroatoms. The summed E-state index contributed by atoms with van der Waals surface area (Å²) in [6, 6.07) is 7.52. The van der Waals surface area contributed by atoms with Gasteiger partial charge in [0.25, 0.3) is 0 Å². The Hall–Kier alpha value is -0.830. The zero-order valence-electron chi connectivity index (χ0n) is 10.4. The van der Waals surface area contributed by atoms with Gasteiger partial charge >= 0.3 is 0 Å². The van der Waals surface area contributed by atoms with Crippen molar-refractivity contribution in [2.24, 2.45) is 0 Å². The minimum atomic E-state index is -3.07. The maximum absolute atomic E-state index is 12.3. The Labute approximate surface area is 104 Å². The standard InChI is InChI=1S/C14H20O2S/c1-2-3-6-11-17(15,16)14-8-5-4-7-13(14)12-9-10-12/h4-5,7-8,12H,2-3,6,9-11H2,1H3. The van der Waals surface area contributed by atoms with Crippen LogP contribution in [0, 0.1) is 0 Å². The van der Waals surface area contributed by atoms with Crippen molar-refractivity contribution in [1.29, 1.82) is 0 Å². The molecule has 0 heterocycles. The minimum Gasteiger partial charge on any atom is -0.224 e. The van der Waals surface area contributed by atoms with Crippen LogP contribution in [0.1, 0.15) is 50.5 Å². The molecule has 0 spiro atoms. The Bertz CT molecular complexity index is 473. The van der Waals surface area contributed by atoms with E-state index in [1.54, 1.807) is 6.07 Å². The lowest BCUT2D eigenvalue weighted by Crippen LogP contribution is -2.09. The van der Waals surface area contributed by atoms with Gasteiger partial charge in [-0.1, -0.05) is 38.0 Å². The van der Waals surface area contributed by atoms with Crippen molar-refractivity contribution < 1.29 is 8.42 Å². The van der Waals surface area contributed by atoms with E-state index in [2.05, 4.69) is 6.92 Å². The fourth-order valence-electron chi connectivity index (χ4n) is 2.15. The first-order chi connectivity index (χ1) is 8.15. The highest BCUT2D eigenvalue weighted by Gasteiger charge is 2.29. The van der Waals surface area contributed by atoms with Crippen molar-refractivity contribution in [3.8, 4) is 0 Å². The molecule has 1 aromatic carbocycles. The van der Waals surface area contributed by atoms with Crippen LogP contribution in [-0.2, 0) is 9.84 Å². The Kier molecular flexibility index (Phi) is 3.87. The summed E-state index contributed by atoms with van der Waals surface area (Å²) in [5.41, 5.74) is 1.05. The smallest absolute Gasteiger partial charge is 0.178 e. The first kappa shape index (κ1) is 12.6. The van der Waals surface area contributed by atoms with Crippen molar-refractivity contribution in [1.82, 2.24) is 0 Å². The molecule has 0 N–H and O–H groups in total. The summed E-state index contributed by atoms with van der Waals surface area (Å²) in [4.78, 5) is 0.582. The molecule has 17 heavy (non-hydrogen) atoms. The van der Waals surface area contributed by atoms with Gasteiger partial charge in [0, 0.05) is 0 Å². The summed E-state index contributed by atoms with van der Waals surface area (Å²) in [7, 11) is -3.07. The fraction of sp³-hybridized carbons (Fsp3) is 0.571. The number of hydrogen-bond acceptors (Lipinski definition) is 2. The summed E-state index contributed by atoms with van der Waals surface area (Å²) in [5, 5.41) is 0. The molecule has 1 aliphatic carbocycles. The summed E-state index contributed by atoms with van der Waals surface area (Å²) in [5.74, 6) is 0.789. The third-order valence-corrected chi connectivity index (χ3v) is 5.16. The van der Waals surface area contributed by atoms with E-state index >= 15 is 0 Å². The second-order valence-corrected chi connectivity index (χ2v) is 6.92. The normalized spacial score (nSPS) is 16.1. The fourth-order valence-corrected chi connectivity index (χ4v) is 3.83. The third-order valence-electron chi connectivity index (χ3n) is 3.29. The molecule has 0 bridgehead atoms. The molecule has 1 aromatic rings. The molecule has 0 aliphatic heterocycles. The summed E-state index contributed by atoms with van der Waals surface area (Å²) >= 11 is 0. The highest BCUT2D eigenvalue weighted by Crippen LogP contribution is 2.42. The van der Waals surface area contributed by atoms with Crippen LogP contribution in [0.5, 0.6) is 0 Å². The average molecular weight is 252 g/mol. The van der Waals surface area contributed by atoms with Crippen LogP contribution in [0.25, 0.3) is 0 Å². The molecule has 2 nitrogen and oxygen atoms in total. The lowest BCUT2D eigenvalue weighted by molar-refractivity contribution is 0.590. The van der Waals surface area contributed by atoms with Gasteiger partial charge in [-0.05, 0) is 36.8 Å². The van der Waals surface area contributed by atoms with E-state index in [1.807, 2.05) is 18.2 Å². The van der Waals surface area contributed by atoms with E-state index < -0.39 is 9.84 Å². The first-order valence-electron chi connectivity index (χ1n) is 6.47. The van der Waals surface area contributed by atoms with Gasteiger partial charge in [-0.15, -0.1) is 0 Å².